The number of amides is 1. The van der Waals surface area contributed by atoms with Crippen LogP contribution in [0.25, 0.3) is 0 Å². The summed E-state index contributed by atoms with van der Waals surface area (Å²) in [6.45, 7) is 4.38. The minimum Gasteiger partial charge on any atom is -0.508 e. The smallest absolute Gasteiger partial charge is 0.254 e. The van der Waals surface area contributed by atoms with Crippen LogP contribution in [0.5, 0.6) is 11.5 Å². The van der Waals surface area contributed by atoms with E-state index >= 15 is 0 Å². The van der Waals surface area contributed by atoms with E-state index in [-0.39, 0.29) is 24.0 Å². The van der Waals surface area contributed by atoms with Crippen molar-refractivity contribution in [2.45, 2.75) is 6.54 Å². The molecule has 0 aliphatic carbocycles. The summed E-state index contributed by atoms with van der Waals surface area (Å²) in [5.41, 5.74) is 3.98. The third-order valence-corrected chi connectivity index (χ3v) is 4.96. The molecule has 7 nitrogen and oxygen atoms in total. The summed E-state index contributed by atoms with van der Waals surface area (Å²) in [5, 5.41) is 23.6. The van der Waals surface area contributed by atoms with Gasteiger partial charge in [0.2, 0.25) is 0 Å². The molecule has 1 aliphatic heterocycles. The normalized spacial score (nSPS) is 15.8. The largest absolute Gasteiger partial charge is 0.508 e. The monoisotopic (exact) mass is 402 g/mol. The van der Waals surface area contributed by atoms with E-state index in [0.717, 1.165) is 43.3 Å². The van der Waals surface area contributed by atoms with Crippen LogP contribution in [0.4, 0.5) is 0 Å². The second-order valence-electron chi connectivity index (χ2n) is 6.68. The molecule has 1 heterocycles. The molecule has 0 aromatic heterocycles. The van der Waals surface area contributed by atoms with Crippen molar-refractivity contribution in [1.82, 2.24) is 15.2 Å². The van der Waals surface area contributed by atoms with Gasteiger partial charge in [0.05, 0.1) is 12.8 Å². The van der Waals surface area contributed by atoms with Crippen molar-refractivity contribution in [3.8, 4) is 11.5 Å². The number of phenolic OH excluding ortho intramolecular Hbond substituents is 2. The average molecular weight is 403 g/mol. The number of benzene rings is 2. The van der Waals surface area contributed by atoms with E-state index in [9.17, 15) is 15.0 Å². The summed E-state index contributed by atoms with van der Waals surface area (Å²) in [7, 11) is 0. The molecule has 3 rings (SSSR count). The van der Waals surface area contributed by atoms with E-state index in [4.69, 9.17) is 11.6 Å². The predicted octanol–water partition coefficient (Wildman–Crippen LogP) is 2.02. The number of piperazine rings is 1. The lowest BCUT2D eigenvalue weighted by Crippen LogP contribution is -2.48. The molecule has 1 aliphatic rings. The molecule has 1 amide bonds. The predicted molar refractivity (Wildman–Crippen MR) is 109 cm³/mol. The number of rotatable bonds is 6. The summed E-state index contributed by atoms with van der Waals surface area (Å²) in [6.07, 6.45) is 1.34. The zero-order valence-corrected chi connectivity index (χ0v) is 16.1. The number of aromatic hydroxyl groups is 2. The number of carbonyl (C=O) groups is 1. The maximum atomic E-state index is 12.1. The minimum atomic E-state index is -0.214. The first kappa shape index (κ1) is 20.1. The first-order chi connectivity index (χ1) is 13.5. The summed E-state index contributed by atoms with van der Waals surface area (Å²) in [5.74, 6) is -0.353. The van der Waals surface area contributed by atoms with Gasteiger partial charge >= 0.3 is 0 Å². The lowest BCUT2D eigenvalue weighted by Gasteiger charge is -2.34. The second kappa shape index (κ2) is 9.54. The Hall–Kier alpha value is -2.61. The van der Waals surface area contributed by atoms with Crippen LogP contribution in [0.1, 0.15) is 11.1 Å². The Kier molecular flexibility index (Phi) is 6.86. The van der Waals surface area contributed by atoms with Gasteiger partial charge in [-0.15, -0.1) is 0 Å². The Morgan fingerprint density at radius 3 is 2.54 bits per heavy atom. The van der Waals surface area contributed by atoms with E-state index in [1.54, 1.807) is 0 Å². The number of carbonyl (C=O) groups excluding carboxylic acids is 1. The van der Waals surface area contributed by atoms with Crippen molar-refractivity contribution in [1.29, 1.82) is 0 Å². The van der Waals surface area contributed by atoms with Gasteiger partial charge in [-0.3, -0.25) is 14.6 Å². The number of hydrogen-bond donors (Lipinski definition) is 3. The zero-order valence-electron chi connectivity index (χ0n) is 15.4. The molecule has 0 radical (unpaired) electrons. The average Bonchev–Trinajstić information content (AvgIpc) is 2.67. The highest BCUT2D eigenvalue weighted by Crippen LogP contribution is 2.20. The third kappa shape index (κ3) is 5.69. The van der Waals surface area contributed by atoms with Crippen molar-refractivity contribution >= 4 is 23.7 Å². The second-order valence-corrected chi connectivity index (χ2v) is 7.09. The Morgan fingerprint density at radius 1 is 1.11 bits per heavy atom. The zero-order chi connectivity index (χ0) is 19.9. The van der Waals surface area contributed by atoms with Crippen LogP contribution in [-0.2, 0) is 11.3 Å². The number of halogens is 1. The first-order valence-corrected chi connectivity index (χ1v) is 9.41. The first-order valence-electron chi connectivity index (χ1n) is 9.03. The standard InChI is InChI=1S/C20H23ClN4O3/c21-18-4-2-1-3-16(18)13-24-7-9-25(10-8-24)14-20(28)23-22-12-15-5-6-17(26)11-19(15)27/h1-6,11-12,26-27H,7-10,13-14H2,(H,23,28). The van der Waals surface area contributed by atoms with Crippen molar-refractivity contribution in [2.75, 3.05) is 32.7 Å². The Morgan fingerprint density at radius 2 is 1.82 bits per heavy atom. The van der Waals surface area contributed by atoms with Gasteiger partial charge in [-0.05, 0) is 23.8 Å². The van der Waals surface area contributed by atoms with Crippen LogP contribution in [0.2, 0.25) is 5.02 Å². The molecule has 28 heavy (non-hydrogen) atoms. The molecule has 0 spiro atoms. The topological polar surface area (TPSA) is 88.4 Å². The number of hydrogen-bond acceptors (Lipinski definition) is 6. The number of hydrazone groups is 1. The number of nitrogens with one attached hydrogen (secondary N) is 1. The van der Waals surface area contributed by atoms with E-state index in [1.807, 2.05) is 24.3 Å². The maximum absolute atomic E-state index is 12.1. The van der Waals surface area contributed by atoms with Gasteiger partial charge in [0, 0.05) is 49.4 Å². The van der Waals surface area contributed by atoms with Crippen molar-refractivity contribution < 1.29 is 15.0 Å². The van der Waals surface area contributed by atoms with E-state index in [0.29, 0.717) is 5.56 Å². The molecule has 1 saturated heterocycles. The van der Waals surface area contributed by atoms with E-state index in [1.165, 1.54) is 24.4 Å². The highest BCUT2D eigenvalue weighted by Gasteiger charge is 2.19. The summed E-state index contributed by atoms with van der Waals surface area (Å²) < 4.78 is 0. The molecular formula is C20H23ClN4O3. The summed E-state index contributed by atoms with van der Waals surface area (Å²) >= 11 is 6.22. The molecule has 1 fully saturated rings. The van der Waals surface area contributed by atoms with Gasteiger partial charge in [-0.1, -0.05) is 29.8 Å². The van der Waals surface area contributed by atoms with Gasteiger partial charge in [-0.2, -0.15) is 5.10 Å². The van der Waals surface area contributed by atoms with Gasteiger partial charge in [0.15, 0.2) is 0 Å². The van der Waals surface area contributed by atoms with Crippen LogP contribution in [0.3, 0.4) is 0 Å². The van der Waals surface area contributed by atoms with Gasteiger partial charge in [0.25, 0.3) is 5.91 Å². The summed E-state index contributed by atoms with van der Waals surface area (Å²) in [6, 6.07) is 12.0. The van der Waals surface area contributed by atoms with Crippen LogP contribution >= 0.6 is 11.6 Å². The number of nitrogens with zero attached hydrogens (tertiary/aromatic N) is 3. The summed E-state index contributed by atoms with van der Waals surface area (Å²) in [4.78, 5) is 16.5. The van der Waals surface area contributed by atoms with Gasteiger partial charge in [-0.25, -0.2) is 5.43 Å². The van der Waals surface area contributed by atoms with Crippen LogP contribution in [-0.4, -0.2) is 64.9 Å². The van der Waals surface area contributed by atoms with E-state index < -0.39 is 0 Å². The molecular weight excluding hydrogens is 380 g/mol. The molecule has 148 valence electrons. The molecule has 0 saturated carbocycles. The SMILES string of the molecule is O=C(CN1CCN(Cc2ccccc2Cl)CC1)NN=Cc1ccc(O)cc1O. The van der Waals surface area contributed by atoms with Gasteiger partial charge < -0.3 is 10.2 Å². The van der Waals surface area contributed by atoms with Crippen LogP contribution in [0, 0.1) is 0 Å². The fourth-order valence-electron chi connectivity index (χ4n) is 3.03. The highest BCUT2D eigenvalue weighted by molar-refractivity contribution is 6.31. The van der Waals surface area contributed by atoms with Crippen molar-refractivity contribution in [3.63, 3.8) is 0 Å². The fourth-order valence-corrected chi connectivity index (χ4v) is 3.22. The Labute approximate surface area is 168 Å². The molecule has 0 unspecified atom stereocenters. The maximum Gasteiger partial charge on any atom is 0.254 e. The molecule has 2 aromatic carbocycles. The molecule has 2 aromatic rings. The van der Waals surface area contributed by atoms with Crippen molar-refractivity contribution in [3.05, 3.63) is 58.6 Å². The van der Waals surface area contributed by atoms with Gasteiger partial charge in [0.1, 0.15) is 11.5 Å². The Bertz CT molecular complexity index is 851. The molecule has 0 atom stereocenters. The molecule has 3 N–H and O–H groups in total. The number of phenols is 2. The van der Waals surface area contributed by atoms with E-state index in [2.05, 4.69) is 20.3 Å². The van der Waals surface area contributed by atoms with Crippen LogP contribution in [0.15, 0.2) is 47.6 Å². The third-order valence-electron chi connectivity index (χ3n) is 4.59. The lowest BCUT2D eigenvalue weighted by molar-refractivity contribution is -0.122. The fraction of sp³-hybridized carbons (Fsp3) is 0.300. The quantitative estimate of drug-likeness (QED) is 0.508. The lowest BCUT2D eigenvalue weighted by atomic mass is 10.2. The minimum absolute atomic E-state index is 0.0348. The Balaban J connectivity index is 1.41. The van der Waals surface area contributed by atoms with Crippen LogP contribution < -0.4 is 5.43 Å². The molecule has 0 bridgehead atoms. The van der Waals surface area contributed by atoms with Crippen molar-refractivity contribution in [2.24, 2.45) is 5.10 Å². The molecule has 8 heteroatoms. The highest BCUT2D eigenvalue weighted by atomic mass is 35.5.